The van der Waals surface area contributed by atoms with E-state index in [1.54, 1.807) is 7.11 Å². The van der Waals surface area contributed by atoms with Crippen molar-refractivity contribution in [2.75, 3.05) is 33.4 Å². The Hall–Kier alpha value is -0.120. The van der Waals surface area contributed by atoms with Crippen molar-refractivity contribution in [3.05, 3.63) is 0 Å². The highest BCUT2D eigenvalue weighted by molar-refractivity contribution is 4.84. The molecule has 0 heterocycles. The van der Waals surface area contributed by atoms with E-state index >= 15 is 0 Å². The van der Waals surface area contributed by atoms with E-state index in [1.807, 2.05) is 0 Å². The van der Waals surface area contributed by atoms with Crippen LogP contribution in [0, 0.1) is 0 Å². The smallest absolute Gasteiger partial charge is 0.0589 e. The molecule has 1 aliphatic rings. The molecular formula is C10H21NO2. The summed E-state index contributed by atoms with van der Waals surface area (Å²) in [7, 11) is 1.75. The van der Waals surface area contributed by atoms with Crippen LogP contribution in [-0.2, 0) is 4.74 Å². The molecule has 3 nitrogen and oxygen atoms in total. The Morgan fingerprint density at radius 1 is 1.31 bits per heavy atom. The summed E-state index contributed by atoms with van der Waals surface area (Å²) in [5.74, 6) is 0. The summed E-state index contributed by atoms with van der Waals surface area (Å²) in [6.45, 7) is 3.32. The lowest BCUT2D eigenvalue weighted by atomic mass is 10.3. The maximum Gasteiger partial charge on any atom is 0.0589 e. The van der Waals surface area contributed by atoms with Crippen LogP contribution in [0.4, 0.5) is 0 Å². The number of aliphatic hydroxyl groups is 1. The Labute approximate surface area is 80.7 Å². The van der Waals surface area contributed by atoms with Crippen LogP contribution in [0.15, 0.2) is 0 Å². The molecule has 1 saturated carbocycles. The molecule has 1 rings (SSSR count). The fourth-order valence-electron chi connectivity index (χ4n) is 1.55. The van der Waals surface area contributed by atoms with Gasteiger partial charge < -0.3 is 9.84 Å². The van der Waals surface area contributed by atoms with E-state index in [4.69, 9.17) is 9.84 Å². The molecule has 0 aliphatic heterocycles. The second-order valence-electron chi connectivity index (χ2n) is 3.69. The first-order valence-corrected chi connectivity index (χ1v) is 5.22. The Morgan fingerprint density at radius 2 is 2.08 bits per heavy atom. The van der Waals surface area contributed by atoms with Gasteiger partial charge in [0.2, 0.25) is 0 Å². The first-order valence-electron chi connectivity index (χ1n) is 5.22. The predicted octanol–water partition coefficient (Wildman–Crippen LogP) is 0.870. The van der Waals surface area contributed by atoms with E-state index in [2.05, 4.69) is 4.90 Å². The molecule has 78 valence electrons. The zero-order valence-corrected chi connectivity index (χ0v) is 8.54. The van der Waals surface area contributed by atoms with Crippen molar-refractivity contribution in [1.82, 2.24) is 4.90 Å². The van der Waals surface area contributed by atoms with Crippen molar-refractivity contribution in [3.63, 3.8) is 0 Å². The van der Waals surface area contributed by atoms with E-state index in [0.29, 0.717) is 6.61 Å². The van der Waals surface area contributed by atoms with Gasteiger partial charge in [0.05, 0.1) is 6.61 Å². The van der Waals surface area contributed by atoms with Crippen LogP contribution in [0.1, 0.15) is 25.7 Å². The maximum atomic E-state index is 8.67. The third-order valence-electron chi connectivity index (χ3n) is 2.50. The molecule has 0 aromatic carbocycles. The van der Waals surface area contributed by atoms with Gasteiger partial charge in [-0.05, 0) is 32.2 Å². The van der Waals surface area contributed by atoms with Crippen molar-refractivity contribution in [1.29, 1.82) is 0 Å². The summed E-state index contributed by atoms with van der Waals surface area (Å²) in [6.07, 6.45) is 4.73. The molecular weight excluding hydrogens is 166 g/mol. The van der Waals surface area contributed by atoms with Gasteiger partial charge in [-0.1, -0.05) is 0 Å². The molecule has 1 N–H and O–H groups in total. The number of nitrogens with zero attached hydrogens (tertiary/aromatic N) is 1. The summed E-state index contributed by atoms with van der Waals surface area (Å²) < 4.78 is 5.07. The lowest BCUT2D eigenvalue weighted by Gasteiger charge is -2.20. The molecule has 0 radical (unpaired) electrons. The van der Waals surface area contributed by atoms with Crippen LogP contribution >= 0.6 is 0 Å². The van der Waals surface area contributed by atoms with Crippen molar-refractivity contribution in [2.45, 2.75) is 31.7 Å². The fourth-order valence-corrected chi connectivity index (χ4v) is 1.55. The van der Waals surface area contributed by atoms with Gasteiger partial charge in [-0.2, -0.15) is 0 Å². The van der Waals surface area contributed by atoms with Crippen LogP contribution < -0.4 is 0 Å². The topological polar surface area (TPSA) is 32.7 Å². The fraction of sp³-hybridized carbons (Fsp3) is 1.00. The normalized spacial score (nSPS) is 16.8. The number of rotatable bonds is 8. The average Bonchev–Trinajstić information content (AvgIpc) is 2.94. The predicted molar refractivity (Wildman–Crippen MR) is 52.8 cm³/mol. The third kappa shape index (κ3) is 4.60. The molecule has 0 aromatic rings. The zero-order chi connectivity index (χ0) is 9.52. The van der Waals surface area contributed by atoms with Gasteiger partial charge in [0.15, 0.2) is 0 Å². The first kappa shape index (κ1) is 11.0. The Balaban J connectivity index is 2.06. The van der Waals surface area contributed by atoms with Gasteiger partial charge in [0.25, 0.3) is 0 Å². The summed E-state index contributed by atoms with van der Waals surface area (Å²) in [5, 5.41) is 8.67. The number of unbranched alkanes of at least 4 members (excludes halogenated alkanes) is 1. The van der Waals surface area contributed by atoms with E-state index < -0.39 is 0 Å². The lowest BCUT2D eigenvalue weighted by molar-refractivity contribution is 0.140. The van der Waals surface area contributed by atoms with Gasteiger partial charge in [0.1, 0.15) is 0 Å². The molecule has 1 aliphatic carbocycles. The first-order chi connectivity index (χ1) is 6.38. The van der Waals surface area contributed by atoms with E-state index in [-0.39, 0.29) is 0 Å². The molecule has 0 spiro atoms. The van der Waals surface area contributed by atoms with Crippen LogP contribution in [-0.4, -0.2) is 49.5 Å². The Kier molecular flexibility index (Phi) is 5.35. The SMILES string of the molecule is COCCN(CCCCO)C1CC1. The van der Waals surface area contributed by atoms with Crippen molar-refractivity contribution < 1.29 is 9.84 Å². The molecule has 0 amide bonds. The molecule has 13 heavy (non-hydrogen) atoms. The molecule has 3 heteroatoms. The molecule has 0 unspecified atom stereocenters. The molecule has 1 fully saturated rings. The second-order valence-corrected chi connectivity index (χ2v) is 3.69. The molecule has 0 aromatic heterocycles. The third-order valence-corrected chi connectivity index (χ3v) is 2.50. The van der Waals surface area contributed by atoms with Crippen LogP contribution in [0.3, 0.4) is 0 Å². The molecule has 0 atom stereocenters. The highest BCUT2D eigenvalue weighted by Gasteiger charge is 2.27. The largest absolute Gasteiger partial charge is 0.396 e. The van der Waals surface area contributed by atoms with Gasteiger partial charge in [-0.15, -0.1) is 0 Å². The van der Waals surface area contributed by atoms with Crippen LogP contribution in [0.25, 0.3) is 0 Å². The maximum absolute atomic E-state index is 8.67. The van der Waals surface area contributed by atoms with Crippen molar-refractivity contribution in [2.24, 2.45) is 0 Å². The minimum atomic E-state index is 0.322. The molecule has 0 saturated heterocycles. The monoisotopic (exact) mass is 187 g/mol. The minimum absolute atomic E-state index is 0.322. The lowest BCUT2D eigenvalue weighted by Crippen LogP contribution is -2.30. The Bertz CT molecular complexity index is 126. The standard InChI is InChI=1S/C10H21NO2/c1-13-9-7-11(10-4-5-10)6-2-3-8-12/h10,12H,2-9H2,1H3. The quantitative estimate of drug-likeness (QED) is 0.572. The summed E-state index contributed by atoms with van der Waals surface area (Å²) in [6, 6.07) is 0.814. The van der Waals surface area contributed by atoms with Crippen LogP contribution in [0.2, 0.25) is 0 Å². The minimum Gasteiger partial charge on any atom is -0.396 e. The number of methoxy groups -OCH3 is 1. The van der Waals surface area contributed by atoms with Gasteiger partial charge in [-0.25, -0.2) is 0 Å². The zero-order valence-electron chi connectivity index (χ0n) is 8.54. The second kappa shape index (κ2) is 6.35. The van der Waals surface area contributed by atoms with Crippen LogP contribution in [0.5, 0.6) is 0 Å². The van der Waals surface area contributed by atoms with Crippen molar-refractivity contribution in [3.8, 4) is 0 Å². The summed E-state index contributed by atoms with van der Waals surface area (Å²) in [4.78, 5) is 2.49. The van der Waals surface area contributed by atoms with E-state index in [0.717, 1.165) is 38.6 Å². The highest BCUT2D eigenvalue weighted by Crippen LogP contribution is 2.26. The van der Waals surface area contributed by atoms with Gasteiger partial charge >= 0.3 is 0 Å². The number of ether oxygens (including phenoxy) is 1. The summed E-state index contributed by atoms with van der Waals surface area (Å²) in [5.41, 5.74) is 0. The van der Waals surface area contributed by atoms with E-state index in [9.17, 15) is 0 Å². The van der Waals surface area contributed by atoms with Gasteiger partial charge in [-0.3, -0.25) is 4.90 Å². The summed E-state index contributed by atoms with van der Waals surface area (Å²) >= 11 is 0. The molecule has 0 bridgehead atoms. The average molecular weight is 187 g/mol. The number of hydrogen-bond donors (Lipinski definition) is 1. The number of aliphatic hydroxyl groups excluding tert-OH is 1. The van der Waals surface area contributed by atoms with E-state index in [1.165, 1.54) is 12.8 Å². The highest BCUT2D eigenvalue weighted by atomic mass is 16.5. The Morgan fingerprint density at radius 3 is 2.62 bits per heavy atom. The van der Waals surface area contributed by atoms with Crippen molar-refractivity contribution >= 4 is 0 Å². The number of hydrogen-bond acceptors (Lipinski definition) is 3. The van der Waals surface area contributed by atoms with Gasteiger partial charge in [0, 0.05) is 26.3 Å².